The minimum atomic E-state index is -0.717. The molecule has 0 atom stereocenters. The van der Waals surface area contributed by atoms with E-state index in [9.17, 15) is 14.7 Å². The molecular formula is C24H25N3O3. The number of fused-ring (bicyclic) bond motifs is 2. The Morgan fingerprint density at radius 2 is 1.77 bits per heavy atom. The average molecular weight is 403 g/mol. The Bertz CT molecular complexity index is 1200. The number of carbonyl (C=O) groups is 1. The highest BCUT2D eigenvalue weighted by atomic mass is 16.3. The molecule has 1 aliphatic heterocycles. The average Bonchev–Trinajstić information content (AvgIpc) is 3.23. The number of carbonyl (C=O) groups excluding carboxylic acids is 1. The third-order valence-electron chi connectivity index (χ3n) is 6.87. The van der Waals surface area contributed by atoms with Gasteiger partial charge in [0, 0.05) is 32.0 Å². The van der Waals surface area contributed by atoms with Crippen LogP contribution in [0.5, 0.6) is 5.75 Å². The van der Waals surface area contributed by atoms with Crippen LogP contribution < -0.4 is 5.56 Å². The molecule has 2 aliphatic rings. The van der Waals surface area contributed by atoms with Crippen LogP contribution >= 0.6 is 0 Å². The maximum absolute atomic E-state index is 12.7. The summed E-state index contributed by atoms with van der Waals surface area (Å²) in [6.07, 6.45) is 4.86. The van der Waals surface area contributed by atoms with E-state index >= 15 is 0 Å². The maximum atomic E-state index is 12.7. The van der Waals surface area contributed by atoms with Gasteiger partial charge in [0.2, 0.25) is 5.75 Å². The molecule has 5 rings (SSSR count). The van der Waals surface area contributed by atoms with Gasteiger partial charge in [0.05, 0.1) is 0 Å². The lowest BCUT2D eigenvalue weighted by atomic mass is 9.74. The van der Waals surface area contributed by atoms with Crippen molar-refractivity contribution in [1.29, 1.82) is 0 Å². The summed E-state index contributed by atoms with van der Waals surface area (Å²) in [5.74, 6) is -0.268. The molecule has 1 N–H and O–H groups in total. The molecule has 3 aromatic rings. The molecule has 0 spiro atoms. The number of aromatic hydroxyl groups is 1. The Labute approximate surface area is 174 Å². The minimum Gasteiger partial charge on any atom is -0.501 e. The number of benzene rings is 2. The van der Waals surface area contributed by atoms with Gasteiger partial charge in [-0.2, -0.15) is 4.98 Å². The van der Waals surface area contributed by atoms with Gasteiger partial charge < -0.3 is 14.6 Å². The molecule has 30 heavy (non-hydrogen) atoms. The molecule has 2 heterocycles. The first kappa shape index (κ1) is 18.9. The second-order valence-corrected chi connectivity index (χ2v) is 8.60. The van der Waals surface area contributed by atoms with Crippen LogP contribution in [0.25, 0.3) is 10.8 Å². The van der Waals surface area contributed by atoms with Crippen molar-refractivity contribution in [2.45, 2.75) is 44.1 Å². The largest absolute Gasteiger partial charge is 0.501 e. The van der Waals surface area contributed by atoms with Crippen molar-refractivity contribution in [3.05, 3.63) is 69.9 Å². The van der Waals surface area contributed by atoms with Gasteiger partial charge in [-0.05, 0) is 29.2 Å². The first-order valence-electron chi connectivity index (χ1n) is 10.6. The van der Waals surface area contributed by atoms with Crippen LogP contribution in [0.2, 0.25) is 0 Å². The van der Waals surface area contributed by atoms with Gasteiger partial charge in [-0.3, -0.25) is 9.59 Å². The zero-order valence-electron chi connectivity index (χ0n) is 17.1. The summed E-state index contributed by atoms with van der Waals surface area (Å²) >= 11 is 0. The number of nitrogens with zero attached hydrogens (tertiary/aromatic N) is 3. The Kier molecular flexibility index (Phi) is 4.38. The van der Waals surface area contributed by atoms with E-state index in [0.29, 0.717) is 25.3 Å². The molecule has 1 fully saturated rings. The van der Waals surface area contributed by atoms with E-state index in [1.807, 2.05) is 6.07 Å². The molecule has 0 radical (unpaired) electrons. The molecule has 2 aromatic carbocycles. The summed E-state index contributed by atoms with van der Waals surface area (Å²) < 4.78 is 1.77. The fourth-order valence-corrected chi connectivity index (χ4v) is 5.30. The number of aromatic nitrogens is 2. The van der Waals surface area contributed by atoms with Crippen molar-refractivity contribution in [3.63, 3.8) is 0 Å². The predicted molar refractivity (Wildman–Crippen MR) is 115 cm³/mol. The number of amides is 1. The van der Waals surface area contributed by atoms with Crippen LogP contribution in [0.1, 0.15) is 47.6 Å². The van der Waals surface area contributed by atoms with E-state index in [2.05, 4.69) is 41.4 Å². The number of rotatable bonds is 3. The Morgan fingerprint density at radius 3 is 2.57 bits per heavy atom. The third kappa shape index (κ3) is 2.82. The van der Waals surface area contributed by atoms with Crippen LogP contribution in [0, 0.1) is 0 Å². The van der Waals surface area contributed by atoms with Crippen molar-refractivity contribution >= 4 is 16.7 Å². The van der Waals surface area contributed by atoms with Gasteiger partial charge in [-0.15, -0.1) is 0 Å². The molecule has 0 bridgehead atoms. The van der Waals surface area contributed by atoms with Gasteiger partial charge in [0.25, 0.3) is 5.91 Å². The summed E-state index contributed by atoms with van der Waals surface area (Å²) in [5.41, 5.74) is 0.509. The van der Waals surface area contributed by atoms with Crippen molar-refractivity contribution in [1.82, 2.24) is 14.5 Å². The van der Waals surface area contributed by atoms with Crippen molar-refractivity contribution in [2.24, 2.45) is 0 Å². The van der Waals surface area contributed by atoms with Crippen molar-refractivity contribution in [3.8, 4) is 5.75 Å². The molecule has 0 saturated heterocycles. The predicted octanol–water partition coefficient (Wildman–Crippen LogP) is 3.24. The zero-order valence-corrected chi connectivity index (χ0v) is 17.1. The second-order valence-electron chi connectivity index (χ2n) is 8.60. The van der Waals surface area contributed by atoms with Crippen LogP contribution in [0.3, 0.4) is 0 Å². The van der Waals surface area contributed by atoms with Gasteiger partial charge in [-0.1, -0.05) is 55.3 Å². The van der Waals surface area contributed by atoms with E-state index in [-0.39, 0.29) is 17.0 Å². The van der Waals surface area contributed by atoms with Gasteiger partial charge in [-0.25, -0.2) is 0 Å². The van der Waals surface area contributed by atoms with Gasteiger partial charge >= 0.3 is 5.56 Å². The quantitative estimate of drug-likeness (QED) is 0.729. The van der Waals surface area contributed by atoms with Crippen molar-refractivity contribution < 1.29 is 9.90 Å². The smallest absolute Gasteiger partial charge is 0.315 e. The third-order valence-corrected chi connectivity index (χ3v) is 6.87. The minimum absolute atomic E-state index is 0.0739. The summed E-state index contributed by atoms with van der Waals surface area (Å²) in [6, 6.07) is 14.8. The topological polar surface area (TPSA) is 75.4 Å². The summed E-state index contributed by atoms with van der Waals surface area (Å²) in [5, 5.41) is 12.7. The lowest BCUT2D eigenvalue weighted by Gasteiger charge is -2.34. The van der Waals surface area contributed by atoms with Crippen LogP contribution in [-0.4, -0.2) is 39.1 Å². The summed E-state index contributed by atoms with van der Waals surface area (Å²) in [6.45, 7) is 1.06. The molecule has 0 unspecified atom stereocenters. The first-order chi connectivity index (χ1) is 14.5. The first-order valence-corrected chi connectivity index (χ1v) is 10.6. The normalized spacial score (nSPS) is 18.0. The zero-order chi connectivity index (χ0) is 20.9. The monoisotopic (exact) mass is 403 g/mol. The van der Waals surface area contributed by atoms with Crippen molar-refractivity contribution in [2.75, 3.05) is 13.6 Å². The van der Waals surface area contributed by atoms with Crippen LogP contribution in [0.15, 0.2) is 47.3 Å². The molecule has 1 aliphatic carbocycles. The Morgan fingerprint density at radius 1 is 1.03 bits per heavy atom. The fraction of sp³-hybridized carbons (Fsp3) is 0.375. The molecule has 6 heteroatoms. The van der Waals surface area contributed by atoms with E-state index in [0.717, 1.165) is 25.7 Å². The highest BCUT2D eigenvalue weighted by Crippen LogP contribution is 2.46. The lowest BCUT2D eigenvalue weighted by Crippen LogP contribution is -2.42. The number of hydrogen-bond acceptors (Lipinski definition) is 4. The molecule has 1 amide bonds. The number of hydrogen-bond donors (Lipinski definition) is 1. The molecule has 6 nitrogen and oxygen atoms in total. The lowest BCUT2D eigenvalue weighted by molar-refractivity contribution is 0.0737. The highest BCUT2D eigenvalue weighted by Gasteiger charge is 2.39. The van der Waals surface area contributed by atoms with Gasteiger partial charge in [0.1, 0.15) is 5.82 Å². The maximum Gasteiger partial charge on any atom is 0.315 e. The summed E-state index contributed by atoms with van der Waals surface area (Å²) in [7, 11) is 1.68. The molecule has 1 saturated carbocycles. The molecular weight excluding hydrogens is 378 g/mol. The standard InChI is InChI=1S/C24H25N3O3/c1-26-13-14-27-19(25-22(29)21(28)20(27)23(26)30)15-24(11-4-5-12-24)18-10-6-8-16-7-2-3-9-17(16)18/h2-3,6-10,28H,4-5,11-15H2,1H3. The Hall–Kier alpha value is -3.15. The fourth-order valence-electron chi connectivity index (χ4n) is 5.30. The second kappa shape index (κ2) is 6.97. The van der Waals surface area contributed by atoms with E-state index in [1.54, 1.807) is 11.6 Å². The number of likely N-dealkylation sites (N-methyl/N-ethyl adjacent to an activating group) is 1. The Balaban J connectivity index is 1.68. The van der Waals surface area contributed by atoms with Gasteiger partial charge in [0.15, 0.2) is 5.69 Å². The van der Waals surface area contributed by atoms with E-state index in [1.165, 1.54) is 21.2 Å². The van der Waals surface area contributed by atoms with Crippen LogP contribution in [-0.2, 0) is 18.4 Å². The highest BCUT2D eigenvalue weighted by molar-refractivity contribution is 5.95. The van der Waals surface area contributed by atoms with E-state index in [4.69, 9.17) is 0 Å². The molecule has 1 aromatic heterocycles. The van der Waals surface area contributed by atoms with E-state index < -0.39 is 11.3 Å². The molecule has 154 valence electrons. The van der Waals surface area contributed by atoms with Crippen LogP contribution in [0.4, 0.5) is 0 Å². The summed E-state index contributed by atoms with van der Waals surface area (Å²) in [4.78, 5) is 30.9. The SMILES string of the molecule is CN1CCn2c(CC3(c4cccc5ccccc45)CCCC3)nc(=O)c(O)c2C1=O.